The van der Waals surface area contributed by atoms with Gasteiger partial charge in [-0.2, -0.15) is 0 Å². The van der Waals surface area contributed by atoms with Gasteiger partial charge < -0.3 is 4.90 Å². The van der Waals surface area contributed by atoms with Crippen LogP contribution in [0.1, 0.15) is 11.1 Å². The summed E-state index contributed by atoms with van der Waals surface area (Å²) in [6, 6.07) is 16.2. The van der Waals surface area contributed by atoms with E-state index < -0.39 is 0 Å². The topological polar surface area (TPSA) is 46.8 Å². The maximum Gasteiger partial charge on any atom is 0.210 e. The van der Waals surface area contributed by atoms with E-state index >= 15 is 0 Å². The first-order valence-corrected chi connectivity index (χ1v) is 9.77. The molecule has 0 amide bonds. The van der Waals surface area contributed by atoms with Crippen LogP contribution in [0.5, 0.6) is 0 Å². The summed E-state index contributed by atoms with van der Waals surface area (Å²) in [7, 11) is 3.83. The lowest BCUT2D eigenvalue weighted by atomic mass is 10.1. The SMILES string of the molecule is CN(C)c1nc2cnc3ccc(C#Cc4cccnc4)cc3c2n1-c1cccc(F)c1. The minimum Gasteiger partial charge on any atom is -0.348 e. The summed E-state index contributed by atoms with van der Waals surface area (Å²) in [4.78, 5) is 15.3. The summed E-state index contributed by atoms with van der Waals surface area (Å²) in [6.45, 7) is 0. The molecule has 0 spiro atoms. The standard InChI is InChI=1S/C25H18FN5/c1-30(2)25-29-23-16-28-22-11-10-17(8-9-18-5-4-12-27-15-18)13-21(22)24(23)31(25)20-7-3-6-19(26)14-20/h3-7,10-16H,1-2H3. The van der Waals surface area contributed by atoms with Crippen molar-refractivity contribution in [2.75, 3.05) is 19.0 Å². The molecule has 0 N–H and O–H groups in total. The number of anilines is 1. The van der Waals surface area contributed by atoms with Crippen molar-refractivity contribution in [3.05, 3.63) is 90.1 Å². The maximum absolute atomic E-state index is 14.0. The van der Waals surface area contributed by atoms with E-state index in [1.165, 1.54) is 12.1 Å². The Morgan fingerprint density at radius 2 is 1.77 bits per heavy atom. The van der Waals surface area contributed by atoms with Crippen LogP contribution in [-0.2, 0) is 0 Å². The fourth-order valence-electron chi connectivity index (χ4n) is 3.56. The number of aromatic nitrogens is 4. The van der Waals surface area contributed by atoms with Gasteiger partial charge in [0.25, 0.3) is 0 Å². The third-order valence-corrected chi connectivity index (χ3v) is 4.94. The van der Waals surface area contributed by atoms with Gasteiger partial charge in [-0.15, -0.1) is 0 Å². The van der Waals surface area contributed by atoms with Gasteiger partial charge in [0, 0.05) is 43.0 Å². The van der Waals surface area contributed by atoms with Crippen LogP contribution in [0.2, 0.25) is 0 Å². The van der Waals surface area contributed by atoms with Gasteiger partial charge in [-0.05, 0) is 48.5 Å². The highest BCUT2D eigenvalue weighted by Crippen LogP contribution is 2.31. The second-order valence-corrected chi connectivity index (χ2v) is 7.34. The van der Waals surface area contributed by atoms with Gasteiger partial charge in [-0.3, -0.25) is 14.5 Å². The molecule has 2 aromatic carbocycles. The highest BCUT2D eigenvalue weighted by molar-refractivity contribution is 6.04. The summed E-state index contributed by atoms with van der Waals surface area (Å²) in [6.07, 6.45) is 5.21. The number of nitrogens with zero attached hydrogens (tertiary/aromatic N) is 5. The molecule has 0 radical (unpaired) electrons. The lowest BCUT2D eigenvalue weighted by molar-refractivity contribution is 0.627. The highest BCUT2D eigenvalue weighted by Gasteiger charge is 2.17. The van der Waals surface area contributed by atoms with Gasteiger partial charge in [0.2, 0.25) is 5.95 Å². The smallest absolute Gasteiger partial charge is 0.210 e. The zero-order valence-electron chi connectivity index (χ0n) is 17.0. The molecule has 150 valence electrons. The highest BCUT2D eigenvalue weighted by atomic mass is 19.1. The normalized spacial score (nSPS) is 10.8. The fraction of sp³-hybridized carbons (Fsp3) is 0.0800. The molecular weight excluding hydrogens is 389 g/mol. The number of halogens is 1. The molecule has 0 atom stereocenters. The van der Waals surface area contributed by atoms with Crippen LogP contribution < -0.4 is 4.90 Å². The first-order valence-electron chi connectivity index (χ1n) is 9.77. The quantitative estimate of drug-likeness (QED) is 0.402. The Bertz CT molecular complexity index is 1480. The molecule has 0 fully saturated rings. The maximum atomic E-state index is 14.0. The predicted octanol–water partition coefficient (Wildman–Crippen LogP) is 4.57. The van der Waals surface area contributed by atoms with Gasteiger partial charge in [-0.25, -0.2) is 9.37 Å². The van der Waals surface area contributed by atoms with Crippen LogP contribution in [-0.4, -0.2) is 33.6 Å². The second kappa shape index (κ2) is 7.54. The molecule has 0 aliphatic rings. The molecule has 0 saturated carbocycles. The largest absolute Gasteiger partial charge is 0.348 e. The molecule has 0 aliphatic heterocycles. The summed E-state index contributed by atoms with van der Waals surface area (Å²) in [5, 5.41) is 0.903. The second-order valence-electron chi connectivity index (χ2n) is 7.34. The minimum absolute atomic E-state index is 0.301. The average Bonchev–Trinajstić information content (AvgIpc) is 3.19. The van der Waals surface area contributed by atoms with E-state index in [1.54, 1.807) is 24.7 Å². The van der Waals surface area contributed by atoms with Crippen molar-refractivity contribution >= 4 is 27.9 Å². The molecule has 3 heterocycles. The van der Waals surface area contributed by atoms with Crippen LogP contribution in [0.3, 0.4) is 0 Å². The summed E-state index contributed by atoms with van der Waals surface area (Å²) >= 11 is 0. The van der Waals surface area contributed by atoms with E-state index in [0.717, 1.165) is 33.1 Å². The average molecular weight is 407 g/mol. The van der Waals surface area contributed by atoms with Gasteiger partial charge in [0.15, 0.2) is 0 Å². The molecule has 6 heteroatoms. The Hall–Kier alpha value is -4.24. The van der Waals surface area contributed by atoms with Crippen molar-refractivity contribution in [2.24, 2.45) is 0 Å². The fourth-order valence-corrected chi connectivity index (χ4v) is 3.56. The van der Waals surface area contributed by atoms with Gasteiger partial charge in [0.1, 0.15) is 11.3 Å². The molecular formula is C25H18FN5. The number of fused-ring (bicyclic) bond motifs is 3. The molecule has 5 aromatic rings. The first-order chi connectivity index (χ1) is 15.1. The lowest BCUT2D eigenvalue weighted by Gasteiger charge is -2.15. The monoisotopic (exact) mass is 407 g/mol. The molecule has 31 heavy (non-hydrogen) atoms. The number of benzene rings is 2. The van der Waals surface area contributed by atoms with Gasteiger partial charge in [-0.1, -0.05) is 17.9 Å². The van der Waals surface area contributed by atoms with E-state index in [2.05, 4.69) is 21.8 Å². The molecule has 0 saturated heterocycles. The Labute approximate surface area is 178 Å². The Balaban J connectivity index is 1.78. The van der Waals surface area contributed by atoms with Crippen LogP contribution >= 0.6 is 0 Å². The van der Waals surface area contributed by atoms with E-state index in [-0.39, 0.29) is 5.82 Å². The van der Waals surface area contributed by atoms with Crippen LogP contribution in [0, 0.1) is 17.7 Å². The molecule has 0 bridgehead atoms. The van der Waals surface area contributed by atoms with Crippen molar-refractivity contribution in [3.63, 3.8) is 0 Å². The molecule has 5 nitrogen and oxygen atoms in total. The summed E-state index contributed by atoms with van der Waals surface area (Å²) < 4.78 is 16.0. The van der Waals surface area contributed by atoms with Crippen LogP contribution in [0.4, 0.5) is 10.3 Å². The number of rotatable bonds is 2. The van der Waals surface area contributed by atoms with Gasteiger partial charge >= 0.3 is 0 Å². The van der Waals surface area contributed by atoms with E-state index in [4.69, 9.17) is 4.98 Å². The number of hydrogen-bond donors (Lipinski definition) is 0. The van der Waals surface area contributed by atoms with Crippen molar-refractivity contribution in [1.82, 2.24) is 19.5 Å². The van der Waals surface area contributed by atoms with Crippen molar-refractivity contribution in [1.29, 1.82) is 0 Å². The third-order valence-electron chi connectivity index (χ3n) is 4.94. The van der Waals surface area contributed by atoms with Crippen molar-refractivity contribution in [3.8, 4) is 17.5 Å². The zero-order valence-corrected chi connectivity index (χ0v) is 17.0. The zero-order chi connectivity index (χ0) is 21.4. The number of imidazole rings is 1. The Kier molecular flexibility index (Phi) is 4.57. The Morgan fingerprint density at radius 1 is 0.903 bits per heavy atom. The summed E-state index contributed by atoms with van der Waals surface area (Å²) in [5.41, 5.74) is 4.82. The van der Waals surface area contributed by atoms with E-state index in [1.807, 2.05) is 60.0 Å². The van der Waals surface area contributed by atoms with E-state index in [0.29, 0.717) is 11.6 Å². The first kappa shape index (κ1) is 18.8. The van der Waals surface area contributed by atoms with Gasteiger partial charge in [0.05, 0.1) is 22.9 Å². The van der Waals surface area contributed by atoms with E-state index in [9.17, 15) is 4.39 Å². The Morgan fingerprint density at radius 3 is 2.55 bits per heavy atom. The van der Waals surface area contributed by atoms with Crippen LogP contribution in [0.25, 0.3) is 27.6 Å². The molecule has 3 aromatic heterocycles. The lowest BCUT2D eigenvalue weighted by Crippen LogP contribution is -2.14. The molecule has 0 unspecified atom stereocenters. The van der Waals surface area contributed by atoms with Crippen molar-refractivity contribution in [2.45, 2.75) is 0 Å². The van der Waals surface area contributed by atoms with Crippen LogP contribution in [0.15, 0.2) is 73.2 Å². The third kappa shape index (κ3) is 3.47. The number of pyridine rings is 2. The van der Waals surface area contributed by atoms with Crippen molar-refractivity contribution < 1.29 is 4.39 Å². The minimum atomic E-state index is -0.301. The summed E-state index contributed by atoms with van der Waals surface area (Å²) in [5.74, 6) is 6.73. The number of hydrogen-bond acceptors (Lipinski definition) is 4. The molecule has 5 rings (SSSR count). The molecule has 0 aliphatic carbocycles. The predicted molar refractivity (Wildman–Crippen MR) is 121 cm³/mol.